The first-order valence-corrected chi connectivity index (χ1v) is 23.3. The van der Waals surface area contributed by atoms with Crippen LogP contribution in [0.3, 0.4) is 0 Å². The van der Waals surface area contributed by atoms with Crippen molar-refractivity contribution in [3.63, 3.8) is 0 Å². The lowest BCUT2D eigenvalue weighted by molar-refractivity contribution is -0.384. The number of pyridine rings is 1. The molecule has 0 spiro atoms. The summed E-state index contributed by atoms with van der Waals surface area (Å²) in [7, 11) is -4.58. The van der Waals surface area contributed by atoms with Crippen molar-refractivity contribution in [2.24, 2.45) is 17.3 Å². The lowest BCUT2D eigenvalue weighted by Gasteiger charge is -2.39. The maximum atomic E-state index is 13.9. The molecule has 3 aliphatic rings. The van der Waals surface area contributed by atoms with Crippen molar-refractivity contribution in [1.29, 1.82) is 5.26 Å². The highest BCUT2D eigenvalue weighted by Crippen LogP contribution is 2.43. The number of nitrogens with zero attached hydrogens (tertiary/aromatic N) is 5. The monoisotopic (exact) mass is 890 g/mol. The Hall–Kier alpha value is -5.95. The molecule has 2 fully saturated rings. The largest absolute Gasteiger partial charge is 0.455 e. The predicted octanol–water partition coefficient (Wildman–Crippen LogP) is 9.56. The van der Waals surface area contributed by atoms with E-state index in [2.05, 4.69) is 61.9 Å². The second kappa shape index (κ2) is 18.4. The van der Waals surface area contributed by atoms with Crippen LogP contribution in [0.4, 0.5) is 17.1 Å². The number of benzene rings is 3. The lowest BCUT2D eigenvalue weighted by Crippen LogP contribution is -2.47. The summed E-state index contributed by atoms with van der Waals surface area (Å²) in [6.07, 6.45) is 9.66. The number of halogens is 1. The van der Waals surface area contributed by atoms with Gasteiger partial charge in [-0.1, -0.05) is 43.2 Å². The van der Waals surface area contributed by atoms with Crippen LogP contribution in [0.5, 0.6) is 11.5 Å². The molecule has 328 valence electrons. The van der Waals surface area contributed by atoms with Gasteiger partial charge < -0.3 is 19.9 Å². The van der Waals surface area contributed by atoms with Gasteiger partial charge >= 0.3 is 0 Å². The van der Waals surface area contributed by atoms with E-state index in [1.165, 1.54) is 41.1 Å². The molecule has 3 heterocycles. The van der Waals surface area contributed by atoms with Crippen LogP contribution in [0.25, 0.3) is 16.6 Å². The maximum Gasteiger partial charge on any atom is 0.293 e. The van der Waals surface area contributed by atoms with E-state index in [-0.39, 0.29) is 34.3 Å². The first kappa shape index (κ1) is 43.7. The predicted molar refractivity (Wildman–Crippen MR) is 245 cm³/mol. The number of hydrogen-bond acceptors (Lipinski definition) is 11. The number of H-pyrrole nitrogens is 1. The number of nitro groups is 1. The van der Waals surface area contributed by atoms with Gasteiger partial charge in [-0.3, -0.25) is 19.8 Å². The summed E-state index contributed by atoms with van der Waals surface area (Å²) in [5.74, 6) is -0.233. The highest BCUT2D eigenvalue weighted by molar-refractivity contribution is 7.90. The number of carbonyl (C=O) groups excluding carboxylic acids is 1. The molecule has 0 atom stereocenters. The quantitative estimate of drug-likeness (QED) is 0.0755. The van der Waals surface area contributed by atoms with E-state index < -0.39 is 31.4 Å². The van der Waals surface area contributed by atoms with Crippen molar-refractivity contribution in [2.75, 3.05) is 49.5 Å². The van der Waals surface area contributed by atoms with Crippen molar-refractivity contribution in [2.45, 2.75) is 63.7 Å². The molecular weight excluding hydrogens is 840 g/mol. The van der Waals surface area contributed by atoms with Gasteiger partial charge in [-0.25, -0.2) is 18.1 Å². The molecule has 0 bridgehead atoms. The van der Waals surface area contributed by atoms with Crippen molar-refractivity contribution in [3.8, 4) is 17.6 Å². The zero-order valence-corrected chi connectivity index (χ0v) is 37.0. The first-order valence-electron chi connectivity index (χ1n) is 21.4. The number of amides is 1. The van der Waals surface area contributed by atoms with Gasteiger partial charge in [0.25, 0.3) is 21.6 Å². The van der Waals surface area contributed by atoms with Gasteiger partial charge in [0, 0.05) is 79.6 Å². The topological polar surface area (TPSA) is 187 Å². The Morgan fingerprint density at radius 2 is 1.79 bits per heavy atom. The van der Waals surface area contributed by atoms with Crippen molar-refractivity contribution in [3.05, 3.63) is 117 Å². The van der Waals surface area contributed by atoms with E-state index in [0.717, 1.165) is 99.8 Å². The van der Waals surface area contributed by atoms with Gasteiger partial charge in [0.2, 0.25) is 0 Å². The van der Waals surface area contributed by atoms with E-state index in [4.69, 9.17) is 16.3 Å². The molecule has 16 heteroatoms. The van der Waals surface area contributed by atoms with Crippen molar-refractivity contribution in [1.82, 2.24) is 19.6 Å². The normalized spacial score (nSPS) is 19.4. The third kappa shape index (κ3) is 10.3. The standard InChI is InChI=1S/C47H51ClN8O6S/c1-47(2)17-15-35(41(26-47)33-7-9-36(48)10-8-33)30-54-19-21-55(22-20-54)37-11-13-40(44(24-37)62-38-23-34-16-18-50-45(34)52-29-38)46(57)53-63(60,61)39-12-14-42(43(25-39)56(58)59)51-28-32-5-3-31(27-49)4-6-32/h7-14,16,18,23-25,29,31-32,51H,3-6,15,17,19-22,26,28,30H2,1-2H3,(H,50,52)(H,53,57). The molecule has 5 aromatic rings. The van der Waals surface area contributed by atoms with Crippen LogP contribution in [0.15, 0.2) is 95.7 Å². The summed E-state index contributed by atoms with van der Waals surface area (Å²) < 4.78 is 35.9. The number of allylic oxidation sites excluding steroid dienone is 1. The summed E-state index contributed by atoms with van der Waals surface area (Å²) in [6, 6.07) is 22.7. The molecule has 1 saturated heterocycles. The van der Waals surface area contributed by atoms with Gasteiger partial charge in [-0.05, 0) is 116 Å². The second-order valence-corrected chi connectivity index (χ2v) is 19.8. The molecule has 2 aromatic heterocycles. The molecule has 0 unspecified atom stereocenters. The third-order valence-electron chi connectivity index (χ3n) is 12.7. The Labute approximate surface area is 372 Å². The number of nitrogens with one attached hydrogen (secondary N) is 3. The molecule has 1 saturated carbocycles. The Bertz CT molecular complexity index is 2700. The van der Waals surface area contributed by atoms with Crippen LogP contribution in [-0.4, -0.2) is 73.4 Å². The number of nitriles is 1. The van der Waals surface area contributed by atoms with Crippen LogP contribution < -0.4 is 19.7 Å². The van der Waals surface area contributed by atoms with Crippen LogP contribution in [0, 0.1) is 38.7 Å². The number of carbonyl (C=O) groups is 1. The number of nitro benzene ring substituents is 1. The second-order valence-electron chi connectivity index (χ2n) is 17.7. The molecule has 1 amide bonds. The maximum absolute atomic E-state index is 13.9. The van der Waals surface area contributed by atoms with Gasteiger partial charge in [0.15, 0.2) is 0 Å². The third-order valence-corrected chi connectivity index (χ3v) is 14.2. The van der Waals surface area contributed by atoms with E-state index in [0.29, 0.717) is 17.9 Å². The van der Waals surface area contributed by atoms with Crippen LogP contribution in [0.1, 0.15) is 74.7 Å². The molecule has 3 aromatic carbocycles. The fraction of sp³-hybridized carbons (Fsp3) is 0.383. The van der Waals surface area contributed by atoms with Crippen LogP contribution in [0.2, 0.25) is 5.02 Å². The highest BCUT2D eigenvalue weighted by atomic mass is 35.5. The Kier molecular flexibility index (Phi) is 12.8. The molecular formula is C47H51ClN8O6S. The number of anilines is 2. The molecule has 63 heavy (non-hydrogen) atoms. The average Bonchev–Trinajstić information content (AvgIpc) is 3.75. The summed E-state index contributed by atoms with van der Waals surface area (Å²) in [5.41, 5.74) is 5.47. The minimum atomic E-state index is -4.58. The SMILES string of the molecule is CC1(C)CCC(CN2CCN(c3ccc(C(=O)NS(=O)(=O)c4ccc(NCC5CCC(C#N)CC5)c([N+](=O)[O-])c4)c(Oc4cnc5[nH]ccc5c4)c3)CC2)=C(c2ccc(Cl)cc2)C1. The number of aromatic amines is 1. The van der Waals surface area contributed by atoms with Crippen LogP contribution >= 0.6 is 11.6 Å². The van der Waals surface area contributed by atoms with Gasteiger partial charge in [-0.2, -0.15) is 5.26 Å². The average molecular weight is 891 g/mol. The smallest absolute Gasteiger partial charge is 0.293 e. The Balaban J connectivity index is 0.992. The molecule has 3 N–H and O–H groups in total. The van der Waals surface area contributed by atoms with E-state index in [9.17, 15) is 28.6 Å². The molecule has 8 rings (SSSR count). The summed E-state index contributed by atoms with van der Waals surface area (Å²) >= 11 is 6.24. The first-order chi connectivity index (χ1) is 30.2. The van der Waals surface area contributed by atoms with E-state index >= 15 is 0 Å². The van der Waals surface area contributed by atoms with Crippen LogP contribution in [-0.2, 0) is 10.0 Å². The number of piperazine rings is 1. The number of sulfonamides is 1. The zero-order chi connectivity index (χ0) is 44.3. The number of ether oxygens (including phenoxy) is 1. The number of fused-ring (bicyclic) bond motifs is 1. The van der Waals surface area contributed by atoms with E-state index in [1.54, 1.807) is 24.4 Å². The van der Waals surface area contributed by atoms with E-state index in [1.807, 2.05) is 18.2 Å². The molecule has 1 aliphatic heterocycles. The fourth-order valence-electron chi connectivity index (χ4n) is 8.95. The highest BCUT2D eigenvalue weighted by Gasteiger charge is 2.31. The minimum absolute atomic E-state index is 0.0298. The number of hydrogen-bond donors (Lipinski definition) is 3. The number of rotatable bonds is 13. The summed E-state index contributed by atoms with van der Waals surface area (Å²) in [4.78, 5) is 37.2. The lowest BCUT2D eigenvalue weighted by atomic mass is 9.72. The van der Waals surface area contributed by atoms with Crippen molar-refractivity contribution >= 4 is 61.2 Å². The minimum Gasteiger partial charge on any atom is -0.455 e. The zero-order valence-electron chi connectivity index (χ0n) is 35.4. The fourth-order valence-corrected chi connectivity index (χ4v) is 10.1. The molecule has 0 radical (unpaired) electrons. The number of aromatic nitrogens is 2. The summed E-state index contributed by atoms with van der Waals surface area (Å²) in [5, 5.41) is 26.0. The summed E-state index contributed by atoms with van der Waals surface area (Å²) in [6.45, 7) is 9.06. The molecule has 2 aliphatic carbocycles. The van der Waals surface area contributed by atoms with Gasteiger partial charge in [-0.15, -0.1) is 0 Å². The molecule has 14 nitrogen and oxygen atoms in total. The van der Waals surface area contributed by atoms with Gasteiger partial charge in [0.1, 0.15) is 22.8 Å². The Morgan fingerprint density at radius 1 is 1.03 bits per heavy atom. The Morgan fingerprint density at radius 3 is 2.52 bits per heavy atom. The van der Waals surface area contributed by atoms with Gasteiger partial charge in [0.05, 0.1) is 27.6 Å². The van der Waals surface area contributed by atoms with Crippen molar-refractivity contribution < 1.29 is 22.9 Å².